The van der Waals surface area contributed by atoms with Crippen molar-refractivity contribution in [2.45, 2.75) is 45.3 Å². The molecular weight excluding hydrogens is 523 g/mol. The quantitative estimate of drug-likeness (QED) is 0.239. The van der Waals surface area contributed by atoms with Crippen molar-refractivity contribution >= 4 is 40.4 Å². The Morgan fingerprint density at radius 1 is 1.25 bits per heavy atom. The van der Waals surface area contributed by atoms with Crippen molar-refractivity contribution < 1.29 is 38.6 Å². The predicted octanol–water partition coefficient (Wildman–Crippen LogP) is 0.745. The average Bonchev–Trinajstić information content (AvgIpc) is 2.83. The monoisotopic (exact) mass is 558 g/mol. The Morgan fingerprint density at radius 2 is 1.90 bits per heavy atom. The summed E-state index contributed by atoms with van der Waals surface area (Å²) in [6.07, 6.45) is -0.217. The Balaban J connectivity index is 1.73. The molecule has 0 aliphatic heterocycles. The van der Waals surface area contributed by atoms with Crippen LogP contribution in [0.15, 0.2) is 6.07 Å². The fourth-order valence-electron chi connectivity index (χ4n) is 6.57. The summed E-state index contributed by atoms with van der Waals surface area (Å²) in [4.78, 5) is 67.1. The molecule has 40 heavy (non-hydrogen) atoms. The minimum atomic E-state index is -2.57. The van der Waals surface area contributed by atoms with E-state index < -0.39 is 87.2 Å². The second-order valence-corrected chi connectivity index (χ2v) is 11.7. The third-order valence-electron chi connectivity index (χ3n) is 8.30. The summed E-state index contributed by atoms with van der Waals surface area (Å²) in [6.45, 7) is 5.43. The summed E-state index contributed by atoms with van der Waals surface area (Å²) < 4.78 is 15.3. The van der Waals surface area contributed by atoms with Crippen LogP contribution in [0.1, 0.15) is 43.1 Å². The van der Waals surface area contributed by atoms with Gasteiger partial charge >= 0.3 is 0 Å². The second-order valence-electron chi connectivity index (χ2n) is 11.7. The highest BCUT2D eigenvalue weighted by atomic mass is 19.1. The maximum atomic E-state index is 15.3. The summed E-state index contributed by atoms with van der Waals surface area (Å²) in [5, 5.41) is 36.6. The minimum absolute atomic E-state index is 0.0696. The highest BCUT2D eigenvalue weighted by Gasteiger charge is 2.67. The van der Waals surface area contributed by atoms with Gasteiger partial charge in [-0.1, -0.05) is 13.8 Å². The highest BCUT2D eigenvalue weighted by Crippen LogP contribution is 2.51. The summed E-state index contributed by atoms with van der Waals surface area (Å²) in [5.74, 6) is -10.3. The minimum Gasteiger partial charge on any atom is -0.505 e. The van der Waals surface area contributed by atoms with Crippen LogP contribution in [-0.2, 0) is 25.6 Å². The molecule has 6 atom stereocenters. The van der Waals surface area contributed by atoms with Gasteiger partial charge < -0.3 is 26.3 Å². The molecule has 2 fully saturated rings. The van der Waals surface area contributed by atoms with Gasteiger partial charge in [0.15, 0.2) is 23.0 Å². The van der Waals surface area contributed by atoms with E-state index in [9.17, 15) is 34.2 Å². The topological polar surface area (TPSA) is 177 Å². The Hall–Kier alpha value is -3.35. The molecule has 0 bridgehead atoms. The lowest BCUT2D eigenvalue weighted by Gasteiger charge is -2.53. The number of carbonyl (C=O) groups excluding carboxylic acids is 5. The number of amides is 1. The molecular formula is C28H35FN4O7. The molecule has 6 unspecified atom stereocenters. The molecule has 2 saturated carbocycles. The number of fused-ring (bicyclic) bond motifs is 3. The molecule has 0 heterocycles. The van der Waals surface area contributed by atoms with E-state index in [1.165, 1.54) is 4.90 Å². The van der Waals surface area contributed by atoms with E-state index in [1.807, 2.05) is 13.8 Å². The number of nitrogens with zero attached hydrogens (tertiary/aromatic N) is 1. The molecule has 11 nitrogen and oxygen atoms in total. The molecule has 0 radical (unpaired) electrons. The molecule has 0 saturated heterocycles. The zero-order chi connectivity index (χ0) is 29.8. The van der Waals surface area contributed by atoms with Crippen LogP contribution in [0.5, 0.6) is 5.75 Å². The van der Waals surface area contributed by atoms with Gasteiger partial charge in [0.2, 0.25) is 5.91 Å². The van der Waals surface area contributed by atoms with Gasteiger partial charge in [0, 0.05) is 17.5 Å². The Bertz CT molecular complexity index is 1330. The number of hydrogen-bond donors (Lipinski definition) is 5. The van der Waals surface area contributed by atoms with Crippen molar-refractivity contribution in [1.29, 1.82) is 5.41 Å². The number of benzene rings is 1. The fraction of sp³-hybridized carbons (Fsp3) is 0.571. The van der Waals surface area contributed by atoms with Crippen molar-refractivity contribution in [3.63, 3.8) is 0 Å². The Kier molecular flexibility index (Phi) is 7.83. The van der Waals surface area contributed by atoms with Crippen LogP contribution < -0.4 is 10.6 Å². The lowest BCUT2D eigenvalue weighted by atomic mass is 9.52. The number of rotatable bonds is 7. The van der Waals surface area contributed by atoms with Gasteiger partial charge in [-0.25, -0.2) is 4.39 Å². The average molecular weight is 559 g/mol. The summed E-state index contributed by atoms with van der Waals surface area (Å²) in [7, 11) is 3.11. The second kappa shape index (κ2) is 10.6. The first-order chi connectivity index (χ1) is 18.6. The standard InChI is InChI=1S/C28H35FN4O7/c1-11(2)9-31-10-18(35)32-17-8-16(29)14-6-13-7-15-22(33(4)5)25(38)19(12(3)34)26(30)28(15,40)27(39)20(13)24(37)21(14)23(17)36/h8,11,13,15,19-20,22,30-31,36,40H,6-7,9-10H2,1-5H3,(H,32,35). The first kappa shape index (κ1) is 29.6. The molecule has 12 heteroatoms. The van der Waals surface area contributed by atoms with Crippen LogP contribution in [0.2, 0.25) is 0 Å². The number of Topliss-reactive ketones (excluding diaryl/α,β-unsaturated/α-hetero) is 4. The van der Waals surface area contributed by atoms with E-state index in [1.54, 1.807) is 14.1 Å². The number of aliphatic hydroxyl groups is 1. The molecule has 0 spiro atoms. The number of likely N-dealkylation sites (N-methyl/N-ethyl adjacent to an activating group) is 1. The van der Waals surface area contributed by atoms with Gasteiger partial charge in [-0.05, 0) is 52.2 Å². The summed E-state index contributed by atoms with van der Waals surface area (Å²) in [5.41, 5.74) is -4.26. The molecule has 5 N–H and O–H groups in total. The molecule has 1 aromatic rings. The molecule has 3 aliphatic rings. The number of nitrogens with one attached hydrogen (secondary N) is 3. The van der Waals surface area contributed by atoms with Crippen LogP contribution >= 0.6 is 0 Å². The number of anilines is 1. The molecule has 4 rings (SSSR count). The van der Waals surface area contributed by atoms with Gasteiger partial charge in [-0.2, -0.15) is 0 Å². The van der Waals surface area contributed by atoms with Crippen molar-refractivity contribution in [3.8, 4) is 5.75 Å². The van der Waals surface area contributed by atoms with Gasteiger partial charge in [0.1, 0.15) is 23.3 Å². The van der Waals surface area contributed by atoms with Crippen LogP contribution in [0, 0.1) is 40.8 Å². The lowest BCUT2D eigenvalue weighted by molar-refractivity contribution is -0.157. The van der Waals surface area contributed by atoms with Crippen LogP contribution in [0.3, 0.4) is 0 Å². The third kappa shape index (κ3) is 4.57. The number of phenols is 1. The smallest absolute Gasteiger partial charge is 0.238 e. The number of carbonyl (C=O) groups is 5. The summed E-state index contributed by atoms with van der Waals surface area (Å²) in [6, 6.07) is -0.169. The SMILES string of the molecule is CC(=O)C1C(=N)C2(O)C(=O)C3C(=O)c4c(O)c(NC(=O)CNCC(C)C)cc(F)c4CC3CC2C(N(C)C)C1=O. The lowest BCUT2D eigenvalue weighted by Crippen LogP contribution is -2.73. The number of ketones is 4. The predicted molar refractivity (Wildman–Crippen MR) is 142 cm³/mol. The first-order valence-electron chi connectivity index (χ1n) is 13.3. The Morgan fingerprint density at radius 3 is 2.48 bits per heavy atom. The van der Waals surface area contributed by atoms with Gasteiger partial charge in [0.05, 0.1) is 35.5 Å². The molecule has 216 valence electrons. The van der Waals surface area contributed by atoms with Gasteiger partial charge in [-0.15, -0.1) is 0 Å². The van der Waals surface area contributed by atoms with Crippen molar-refractivity contribution in [2.24, 2.45) is 29.6 Å². The third-order valence-corrected chi connectivity index (χ3v) is 8.30. The number of halogens is 1. The van der Waals surface area contributed by atoms with E-state index in [-0.39, 0.29) is 36.6 Å². The zero-order valence-electron chi connectivity index (χ0n) is 23.1. The molecule has 1 amide bonds. The maximum absolute atomic E-state index is 15.3. The molecule has 3 aliphatic carbocycles. The maximum Gasteiger partial charge on any atom is 0.238 e. The largest absolute Gasteiger partial charge is 0.505 e. The number of aromatic hydroxyl groups is 1. The van der Waals surface area contributed by atoms with Crippen molar-refractivity contribution in [2.75, 3.05) is 32.5 Å². The van der Waals surface area contributed by atoms with Gasteiger partial charge in [-0.3, -0.25) is 28.9 Å². The zero-order valence-corrected chi connectivity index (χ0v) is 23.1. The molecule has 1 aromatic carbocycles. The van der Waals surface area contributed by atoms with Crippen LogP contribution in [-0.4, -0.2) is 88.7 Å². The normalized spacial score (nSPS) is 29.8. The highest BCUT2D eigenvalue weighted by molar-refractivity contribution is 6.33. The first-order valence-corrected chi connectivity index (χ1v) is 13.3. The summed E-state index contributed by atoms with van der Waals surface area (Å²) >= 11 is 0. The molecule has 0 aromatic heterocycles. The Labute approximate surface area is 231 Å². The van der Waals surface area contributed by atoms with Crippen molar-refractivity contribution in [1.82, 2.24) is 10.2 Å². The van der Waals surface area contributed by atoms with Crippen LogP contribution in [0.25, 0.3) is 0 Å². The fourth-order valence-corrected chi connectivity index (χ4v) is 6.57. The van der Waals surface area contributed by atoms with E-state index in [2.05, 4.69) is 10.6 Å². The van der Waals surface area contributed by atoms with E-state index in [0.717, 1.165) is 13.0 Å². The van der Waals surface area contributed by atoms with Gasteiger partial charge in [0.25, 0.3) is 0 Å². The number of phenolic OH excluding ortho intramolecular Hbond substituents is 1. The van der Waals surface area contributed by atoms with E-state index in [4.69, 9.17) is 5.41 Å². The van der Waals surface area contributed by atoms with E-state index in [0.29, 0.717) is 6.54 Å². The number of hydrogen-bond acceptors (Lipinski definition) is 10. The van der Waals surface area contributed by atoms with Crippen molar-refractivity contribution in [3.05, 3.63) is 23.0 Å². The van der Waals surface area contributed by atoms with Crippen LogP contribution in [0.4, 0.5) is 10.1 Å². The van der Waals surface area contributed by atoms with E-state index >= 15 is 4.39 Å².